The van der Waals surface area contributed by atoms with Gasteiger partial charge < -0.3 is 5.32 Å². The number of halogens is 1. The van der Waals surface area contributed by atoms with E-state index in [1.54, 1.807) is 10.7 Å². The summed E-state index contributed by atoms with van der Waals surface area (Å²) < 4.78 is 15.0. The van der Waals surface area contributed by atoms with Gasteiger partial charge in [-0.3, -0.25) is 0 Å². The van der Waals surface area contributed by atoms with E-state index in [4.69, 9.17) is 5.26 Å². The lowest BCUT2D eigenvalue weighted by Crippen LogP contribution is -2.43. The molecule has 1 fully saturated rings. The van der Waals surface area contributed by atoms with Crippen LogP contribution in [0.25, 0.3) is 11.3 Å². The number of nitriles is 1. The van der Waals surface area contributed by atoms with Gasteiger partial charge in [0.05, 0.1) is 17.8 Å². The van der Waals surface area contributed by atoms with Crippen LogP contribution in [0, 0.1) is 17.1 Å². The fourth-order valence-corrected chi connectivity index (χ4v) is 1.82. The number of benzene rings is 1. The molecule has 0 aliphatic carbocycles. The van der Waals surface area contributed by atoms with Crippen LogP contribution in [-0.4, -0.2) is 28.1 Å². The van der Waals surface area contributed by atoms with Crippen molar-refractivity contribution in [2.24, 2.45) is 0 Å². The summed E-state index contributed by atoms with van der Waals surface area (Å²) in [4.78, 5) is 0. The Labute approximate surface area is 103 Å². The molecule has 3 rings (SSSR count). The molecule has 5 nitrogen and oxygen atoms in total. The van der Waals surface area contributed by atoms with Crippen LogP contribution in [0.4, 0.5) is 4.39 Å². The van der Waals surface area contributed by atoms with Gasteiger partial charge in [0.25, 0.3) is 0 Å². The highest BCUT2D eigenvalue weighted by Crippen LogP contribution is 2.21. The zero-order valence-corrected chi connectivity index (χ0v) is 9.47. The molecule has 0 radical (unpaired) electrons. The average molecular weight is 243 g/mol. The van der Waals surface area contributed by atoms with E-state index in [1.165, 1.54) is 12.1 Å². The summed E-state index contributed by atoms with van der Waals surface area (Å²) in [5, 5.41) is 20.0. The Kier molecular flexibility index (Phi) is 2.54. The monoisotopic (exact) mass is 243 g/mol. The van der Waals surface area contributed by atoms with E-state index in [0.29, 0.717) is 17.3 Å². The molecule has 0 atom stereocenters. The van der Waals surface area contributed by atoms with Gasteiger partial charge in [0, 0.05) is 18.7 Å². The maximum atomic E-state index is 13.2. The highest BCUT2D eigenvalue weighted by Gasteiger charge is 2.20. The van der Waals surface area contributed by atoms with Gasteiger partial charge in [-0.15, -0.1) is 5.10 Å². The molecule has 0 unspecified atom stereocenters. The van der Waals surface area contributed by atoms with E-state index in [0.717, 1.165) is 13.1 Å². The molecule has 6 heteroatoms. The highest BCUT2D eigenvalue weighted by molar-refractivity contribution is 5.60. The largest absolute Gasteiger partial charge is 0.312 e. The quantitative estimate of drug-likeness (QED) is 0.857. The van der Waals surface area contributed by atoms with Gasteiger partial charge in [-0.25, -0.2) is 9.07 Å². The Balaban J connectivity index is 1.94. The topological polar surface area (TPSA) is 66.5 Å². The Morgan fingerprint density at radius 3 is 2.94 bits per heavy atom. The van der Waals surface area contributed by atoms with E-state index >= 15 is 0 Å². The molecule has 1 saturated heterocycles. The van der Waals surface area contributed by atoms with Gasteiger partial charge in [0.2, 0.25) is 0 Å². The van der Waals surface area contributed by atoms with E-state index in [9.17, 15) is 4.39 Å². The van der Waals surface area contributed by atoms with Gasteiger partial charge in [-0.1, -0.05) is 5.21 Å². The van der Waals surface area contributed by atoms with Crippen LogP contribution >= 0.6 is 0 Å². The Hall–Kier alpha value is -2.26. The minimum atomic E-state index is -0.517. The highest BCUT2D eigenvalue weighted by atomic mass is 19.1. The smallest absolute Gasteiger partial charge is 0.140 e. The number of nitrogens with zero attached hydrogens (tertiary/aromatic N) is 4. The maximum Gasteiger partial charge on any atom is 0.140 e. The Morgan fingerprint density at radius 2 is 2.28 bits per heavy atom. The first kappa shape index (κ1) is 10.9. The zero-order chi connectivity index (χ0) is 12.5. The van der Waals surface area contributed by atoms with Crippen LogP contribution in [0.15, 0.2) is 24.4 Å². The van der Waals surface area contributed by atoms with Crippen LogP contribution in [0.5, 0.6) is 0 Å². The first-order chi connectivity index (χ1) is 8.78. The van der Waals surface area contributed by atoms with Crippen molar-refractivity contribution in [3.05, 3.63) is 35.8 Å². The number of hydrogen-bond donors (Lipinski definition) is 1. The summed E-state index contributed by atoms with van der Waals surface area (Å²) in [6.07, 6.45) is 1.82. The van der Waals surface area contributed by atoms with E-state index < -0.39 is 5.82 Å². The van der Waals surface area contributed by atoms with E-state index in [2.05, 4.69) is 15.6 Å². The van der Waals surface area contributed by atoms with E-state index in [1.807, 2.05) is 12.3 Å². The first-order valence-electron chi connectivity index (χ1n) is 5.60. The molecule has 1 aromatic carbocycles. The molecule has 2 aromatic rings. The summed E-state index contributed by atoms with van der Waals surface area (Å²) >= 11 is 0. The average Bonchev–Trinajstić information content (AvgIpc) is 2.76. The molecule has 0 spiro atoms. The second kappa shape index (κ2) is 4.20. The maximum absolute atomic E-state index is 13.2. The summed E-state index contributed by atoms with van der Waals surface area (Å²) in [6, 6.07) is 6.52. The van der Waals surface area contributed by atoms with Crippen molar-refractivity contribution in [3.63, 3.8) is 0 Å². The minimum Gasteiger partial charge on any atom is -0.312 e. The minimum absolute atomic E-state index is 0.0207. The molecule has 18 heavy (non-hydrogen) atoms. The molecule has 0 bridgehead atoms. The number of nitrogens with one attached hydrogen (secondary N) is 1. The van der Waals surface area contributed by atoms with Crippen LogP contribution in [0.3, 0.4) is 0 Å². The van der Waals surface area contributed by atoms with Crippen molar-refractivity contribution < 1.29 is 4.39 Å². The predicted octanol–water partition coefficient (Wildman–Crippen LogP) is 1.10. The molecule has 1 aliphatic rings. The van der Waals surface area contributed by atoms with Crippen LogP contribution < -0.4 is 5.32 Å². The third-order valence-corrected chi connectivity index (χ3v) is 3.03. The van der Waals surface area contributed by atoms with Crippen molar-refractivity contribution >= 4 is 0 Å². The summed E-state index contributed by atoms with van der Waals surface area (Å²) in [5.74, 6) is -0.517. The van der Waals surface area contributed by atoms with Crippen molar-refractivity contribution in [2.75, 3.05) is 13.1 Å². The molecule has 90 valence electrons. The molecule has 2 heterocycles. The first-order valence-corrected chi connectivity index (χ1v) is 5.60. The van der Waals surface area contributed by atoms with Gasteiger partial charge in [-0.05, 0) is 18.2 Å². The van der Waals surface area contributed by atoms with Gasteiger partial charge in [-0.2, -0.15) is 5.26 Å². The predicted molar refractivity (Wildman–Crippen MR) is 62.0 cm³/mol. The Bertz CT molecular complexity index is 624. The third kappa shape index (κ3) is 1.75. The van der Waals surface area contributed by atoms with Gasteiger partial charge in [0.1, 0.15) is 17.6 Å². The summed E-state index contributed by atoms with van der Waals surface area (Å²) in [5.41, 5.74) is 1.37. The van der Waals surface area contributed by atoms with Crippen molar-refractivity contribution in [3.8, 4) is 17.3 Å². The SMILES string of the molecule is N#Cc1cc(-c2cn(C3CNC3)nn2)ccc1F. The van der Waals surface area contributed by atoms with E-state index in [-0.39, 0.29) is 5.56 Å². The lowest BCUT2D eigenvalue weighted by molar-refractivity contribution is 0.313. The van der Waals surface area contributed by atoms with Crippen LogP contribution in [0.1, 0.15) is 11.6 Å². The Morgan fingerprint density at radius 1 is 1.44 bits per heavy atom. The number of rotatable bonds is 2. The molecule has 0 saturated carbocycles. The third-order valence-electron chi connectivity index (χ3n) is 3.03. The standard InChI is InChI=1S/C12H10FN5/c13-11-2-1-8(3-9(11)4-14)12-7-18(17-16-12)10-5-15-6-10/h1-3,7,10,15H,5-6H2. The lowest BCUT2D eigenvalue weighted by atomic mass is 10.1. The second-order valence-electron chi connectivity index (χ2n) is 4.20. The fourth-order valence-electron chi connectivity index (χ4n) is 1.82. The van der Waals surface area contributed by atoms with Crippen molar-refractivity contribution in [1.29, 1.82) is 5.26 Å². The van der Waals surface area contributed by atoms with Crippen molar-refractivity contribution in [1.82, 2.24) is 20.3 Å². The molecular formula is C12H10FN5. The molecule has 1 N–H and O–H groups in total. The van der Waals surface area contributed by atoms with Gasteiger partial charge in [0.15, 0.2) is 0 Å². The normalized spacial score (nSPS) is 15.1. The molecule has 0 amide bonds. The van der Waals surface area contributed by atoms with Gasteiger partial charge >= 0.3 is 0 Å². The molecule has 1 aromatic heterocycles. The molecular weight excluding hydrogens is 233 g/mol. The lowest BCUT2D eigenvalue weighted by Gasteiger charge is -2.26. The van der Waals surface area contributed by atoms with Crippen LogP contribution in [0.2, 0.25) is 0 Å². The van der Waals surface area contributed by atoms with Crippen molar-refractivity contribution in [2.45, 2.75) is 6.04 Å². The summed E-state index contributed by atoms with van der Waals surface area (Å²) in [7, 11) is 0. The number of aromatic nitrogens is 3. The zero-order valence-electron chi connectivity index (χ0n) is 9.47. The molecule has 1 aliphatic heterocycles. The summed E-state index contributed by atoms with van der Waals surface area (Å²) in [6.45, 7) is 1.77. The number of hydrogen-bond acceptors (Lipinski definition) is 4. The fraction of sp³-hybridized carbons (Fsp3) is 0.250. The van der Waals surface area contributed by atoms with Crippen LogP contribution in [-0.2, 0) is 0 Å². The second-order valence-corrected chi connectivity index (χ2v) is 4.20.